The highest BCUT2D eigenvalue weighted by Gasteiger charge is 2.37. The lowest BCUT2D eigenvalue weighted by atomic mass is 9.80. The Morgan fingerprint density at radius 2 is 2.00 bits per heavy atom. The highest BCUT2D eigenvalue weighted by Crippen LogP contribution is 2.36. The van der Waals surface area contributed by atoms with Gasteiger partial charge in [-0.15, -0.1) is 12.4 Å². The zero-order chi connectivity index (χ0) is 13.2. The molecule has 1 aromatic carbocycles. The number of nitrogens with two attached hydrogens (primary N) is 1. The second-order valence-corrected chi connectivity index (χ2v) is 4.75. The predicted octanol–water partition coefficient (Wildman–Crippen LogP) is 2.32. The minimum Gasteiger partial charge on any atom is -0.508 e. The minimum atomic E-state index is -0.887. The van der Waals surface area contributed by atoms with Gasteiger partial charge in [-0.25, -0.2) is 0 Å². The Labute approximate surface area is 114 Å². The molecule has 0 heterocycles. The summed E-state index contributed by atoms with van der Waals surface area (Å²) in [4.78, 5) is 11.6. The zero-order valence-electron chi connectivity index (χ0n) is 11.1. The third kappa shape index (κ3) is 3.15. The fourth-order valence-corrected chi connectivity index (χ4v) is 1.70. The molecule has 0 saturated carbocycles. The fourth-order valence-electron chi connectivity index (χ4n) is 1.70. The topological polar surface area (TPSA) is 72.5 Å². The van der Waals surface area contributed by atoms with E-state index >= 15 is 0 Å². The van der Waals surface area contributed by atoms with Crippen LogP contribution in [0.5, 0.6) is 5.75 Å². The normalized spacial score (nSPS) is 12.5. The summed E-state index contributed by atoms with van der Waals surface area (Å²) in [6.07, 6.45) is 0. The first kappa shape index (κ1) is 16.7. The van der Waals surface area contributed by atoms with Crippen molar-refractivity contribution >= 4 is 18.4 Å². The summed E-state index contributed by atoms with van der Waals surface area (Å²) >= 11 is 0. The van der Waals surface area contributed by atoms with Gasteiger partial charge in [0.25, 0.3) is 0 Å². The Hall–Kier alpha value is -1.26. The summed E-state index contributed by atoms with van der Waals surface area (Å²) in [6.45, 7) is 5.27. The summed E-state index contributed by atoms with van der Waals surface area (Å²) in [5.74, 6) is -0.292. The number of hydrogen-bond donors (Lipinski definition) is 2. The molecule has 1 atom stereocenters. The van der Waals surface area contributed by atoms with Crippen molar-refractivity contribution in [3.63, 3.8) is 0 Å². The maximum atomic E-state index is 11.6. The van der Waals surface area contributed by atoms with Crippen LogP contribution in [0.3, 0.4) is 0 Å². The van der Waals surface area contributed by atoms with E-state index in [0.717, 1.165) is 5.56 Å². The number of benzene rings is 1. The van der Waals surface area contributed by atoms with E-state index in [4.69, 9.17) is 10.5 Å². The fraction of sp³-hybridized carbons (Fsp3) is 0.462. The first-order chi connectivity index (χ1) is 7.80. The molecule has 0 radical (unpaired) electrons. The quantitative estimate of drug-likeness (QED) is 0.829. The molecule has 5 heteroatoms. The Kier molecular flexibility index (Phi) is 5.64. The number of carbonyl (C=O) groups excluding carboxylic acids is 1. The highest BCUT2D eigenvalue weighted by atomic mass is 35.5. The number of esters is 1. The number of aryl methyl sites for hydroxylation is 1. The maximum Gasteiger partial charge on any atom is 0.313 e. The number of phenolic OH excluding ortho intramolecular Hbond substituents is 1. The van der Waals surface area contributed by atoms with Gasteiger partial charge >= 0.3 is 5.97 Å². The lowest BCUT2D eigenvalue weighted by Gasteiger charge is -2.29. The molecule has 0 fully saturated rings. The Balaban J connectivity index is 0.00000289. The van der Waals surface area contributed by atoms with Crippen LogP contribution in [0.15, 0.2) is 18.2 Å². The number of hydrogen-bond acceptors (Lipinski definition) is 4. The van der Waals surface area contributed by atoms with Gasteiger partial charge in [-0.05, 0) is 32.4 Å². The number of methoxy groups -OCH3 is 1. The van der Waals surface area contributed by atoms with Crippen molar-refractivity contribution < 1.29 is 14.6 Å². The van der Waals surface area contributed by atoms with Crippen molar-refractivity contribution in [2.24, 2.45) is 11.1 Å². The molecule has 102 valence electrons. The molecule has 0 unspecified atom stereocenters. The number of ether oxygens (including phenoxy) is 1. The first-order valence-electron chi connectivity index (χ1n) is 5.44. The van der Waals surface area contributed by atoms with E-state index in [1.807, 2.05) is 13.0 Å². The van der Waals surface area contributed by atoms with Crippen LogP contribution in [0.25, 0.3) is 0 Å². The molecule has 1 aromatic rings. The van der Waals surface area contributed by atoms with Crippen molar-refractivity contribution in [2.75, 3.05) is 7.11 Å². The molecule has 1 rings (SSSR count). The van der Waals surface area contributed by atoms with E-state index in [1.54, 1.807) is 26.0 Å². The van der Waals surface area contributed by atoms with Gasteiger partial charge in [0.2, 0.25) is 0 Å². The molecule has 4 nitrogen and oxygen atoms in total. The van der Waals surface area contributed by atoms with Gasteiger partial charge in [0.05, 0.1) is 12.5 Å². The van der Waals surface area contributed by atoms with Gasteiger partial charge < -0.3 is 15.6 Å². The van der Waals surface area contributed by atoms with Crippen LogP contribution >= 0.6 is 12.4 Å². The Bertz CT molecular complexity index is 432. The molecule has 0 bridgehead atoms. The third-order valence-corrected chi connectivity index (χ3v) is 3.01. The second kappa shape index (κ2) is 6.07. The monoisotopic (exact) mass is 273 g/mol. The SMILES string of the molecule is COC(=O)C(C)(C)[C@@H](N)c1ccc(C)cc1O.Cl. The first-order valence-corrected chi connectivity index (χ1v) is 5.44. The smallest absolute Gasteiger partial charge is 0.313 e. The van der Waals surface area contributed by atoms with E-state index < -0.39 is 17.4 Å². The van der Waals surface area contributed by atoms with E-state index in [2.05, 4.69) is 0 Å². The van der Waals surface area contributed by atoms with Gasteiger partial charge in [0.1, 0.15) is 5.75 Å². The second-order valence-electron chi connectivity index (χ2n) is 4.75. The van der Waals surface area contributed by atoms with E-state index in [1.165, 1.54) is 7.11 Å². The average molecular weight is 274 g/mol. The number of rotatable bonds is 3. The van der Waals surface area contributed by atoms with Crippen LogP contribution in [0.4, 0.5) is 0 Å². The van der Waals surface area contributed by atoms with Crippen LogP contribution in [-0.2, 0) is 9.53 Å². The lowest BCUT2D eigenvalue weighted by molar-refractivity contribution is -0.152. The summed E-state index contributed by atoms with van der Waals surface area (Å²) < 4.78 is 4.72. The van der Waals surface area contributed by atoms with Crippen LogP contribution in [0, 0.1) is 12.3 Å². The Morgan fingerprint density at radius 3 is 2.44 bits per heavy atom. The standard InChI is InChI=1S/C13H19NO3.ClH/c1-8-5-6-9(10(15)7-8)11(14)13(2,3)12(16)17-4;/h5-7,11,15H,14H2,1-4H3;1H/t11-;/m0./s1. The van der Waals surface area contributed by atoms with Crippen molar-refractivity contribution in [1.29, 1.82) is 0 Å². The maximum absolute atomic E-state index is 11.6. The van der Waals surface area contributed by atoms with Crippen molar-refractivity contribution in [2.45, 2.75) is 26.8 Å². The largest absolute Gasteiger partial charge is 0.508 e. The molecular formula is C13H20ClNO3. The number of aromatic hydroxyl groups is 1. The number of carbonyl (C=O) groups is 1. The van der Waals surface area contributed by atoms with Crippen molar-refractivity contribution in [3.8, 4) is 5.75 Å². The van der Waals surface area contributed by atoms with Crippen LogP contribution < -0.4 is 5.73 Å². The van der Waals surface area contributed by atoms with Gasteiger partial charge in [-0.2, -0.15) is 0 Å². The molecule has 0 amide bonds. The van der Waals surface area contributed by atoms with Gasteiger partial charge in [-0.3, -0.25) is 4.79 Å². The van der Waals surface area contributed by atoms with Gasteiger partial charge in [0, 0.05) is 11.6 Å². The summed E-state index contributed by atoms with van der Waals surface area (Å²) in [7, 11) is 1.33. The molecule has 0 aromatic heterocycles. The average Bonchev–Trinajstić information content (AvgIpc) is 2.27. The molecule has 0 saturated heterocycles. The van der Waals surface area contributed by atoms with Crippen LogP contribution in [-0.4, -0.2) is 18.2 Å². The molecule has 0 aliphatic carbocycles. The lowest BCUT2D eigenvalue weighted by Crippen LogP contribution is -2.37. The van der Waals surface area contributed by atoms with Crippen molar-refractivity contribution in [1.82, 2.24) is 0 Å². The molecule has 18 heavy (non-hydrogen) atoms. The van der Waals surface area contributed by atoms with E-state index in [9.17, 15) is 9.90 Å². The molecule has 0 aliphatic rings. The van der Waals surface area contributed by atoms with Gasteiger partial charge in [0.15, 0.2) is 0 Å². The van der Waals surface area contributed by atoms with Crippen molar-refractivity contribution in [3.05, 3.63) is 29.3 Å². The van der Waals surface area contributed by atoms with E-state index in [0.29, 0.717) is 5.56 Å². The molecular weight excluding hydrogens is 254 g/mol. The van der Waals surface area contributed by atoms with Crippen LogP contribution in [0.2, 0.25) is 0 Å². The molecule has 3 N–H and O–H groups in total. The highest BCUT2D eigenvalue weighted by molar-refractivity contribution is 5.85. The predicted molar refractivity (Wildman–Crippen MR) is 72.8 cm³/mol. The zero-order valence-corrected chi connectivity index (χ0v) is 11.9. The molecule has 0 spiro atoms. The van der Waals surface area contributed by atoms with E-state index in [-0.39, 0.29) is 18.2 Å². The summed E-state index contributed by atoms with van der Waals surface area (Å²) in [6, 6.07) is 4.60. The van der Waals surface area contributed by atoms with Gasteiger partial charge in [-0.1, -0.05) is 12.1 Å². The van der Waals surface area contributed by atoms with Crippen LogP contribution in [0.1, 0.15) is 31.0 Å². The third-order valence-electron chi connectivity index (χ3n) is 3.01. The summed E-state index contributed by atoms with van der Waals surface area (Å²) in [5.41, 5.74) is 6.64. The number of halogens is 1. The minimum absolute atomic E-state index is 0. The Morgan fingerprint density at radius 1 is 1.44 bits per heavy atom. The summed E-state index contributed by atoms with van der Waals surface area (Å²) in [5, 5.41) is 9.85. The molecule has 0 aliphatic heterocycles. The number of phenols is 1.